The van der Waals surface area contributed by atoms with Gasteiger partial charge in [0.2, 0.25) is 0 Å². The van der Waals surface area contributed by atoms with Crippen LogP contribution >= 0.6 is 0 Å². The number of hydrogen-bond donors (Lipinski definition) is 0. The molecular weight excluding hydrogens is 562 g/mol. The Morgan fingerprint density at radius 1 is 1.00 bits per heavy atom. The quantitative estimate of drug-likeness (QED) is 0.398. The van der Waals surface area contributed by atoms with Crippen LogP contribution in [-0.2, 0) is 0 Å². The van der Waals surface area contributed by atoms with E-state index in [1.165, 1.54) is 4.90 Å². The van der Waals surface area contributed by atoms with Gasteiger partial charge in [0.1, 0.15) is 0 Å². The van der Waals surface area contributed by atoms with E-state index in [-0.39, 0.29) is 69.7 Å². The van der Waals surface area contributed by atoms with Gasteiger partial charge in [-0.25, -0.2) is 0 Å². The molecule has 0 saturated heterocycles. The summed E-state index contributed by atoms with van der Waals surface area (Å²) in [5.41, 5.74) is 0. The van der Waals surface area contributed by atoms with E-state index in [0.29, 0.717) is 0 Å². The molecule has 0 fully saturated rings. The van der Waals surface area contributed by atoms with Gasteiger partial charge in [0.15, 0.2) is 0 Å². The molecule has 0 heterocycles. The molecule has 0 radical (unpaired) electrons. The Balaban J connectivity index is -0.00000000990. The summed E-state index contributed by atoms with van der Waals surface area (Å²) in [5.74, 6) is 0. The van der Waals surface area contributed by atoms with Gasteiger partial charge in [-0.15, -0.1) is 0 Å². The summed E-state index contributed by atoms with van der Waals surface area (Å²) in [7, 11) is 8.50. The van der Waals surface area contributed by atoms with E-state index < -0.39 is 0 Å². The number of nitrogens with zero attached hydrogens (tertiary/aromatic N) is 1. The molecule has 0 amide bonds. The van der Waals surface area contributed by atoms with Crippen molar-refractivity contribution in [3.05, 3.63) is 28.4 Å². The van der Waals surface area contributed by atoms with Crippen molar-refractivity contribution in [2.75, 3.05) is 7.05 Å². The second-order valence-electron chi connectivity index (χ2n) is 0.856. The van der Waals surface area contributed by atoms with Gasteiger partial charge in [0.05, 0.1) is 0 Å². The van der Waals surface area contributed by atoms with Gasteiger partial charge >= 0.3 is 62.2 Å². The molecule has 0 aromatic rings. The zero-order valence-electron chi connectivity index (χ0n) is 6.57. The Labute approximate surface area is 108 Å². The predicted molar refractivity (Wildman–Crippen MR) is 35.9 cm³/mol. The van der Waals surface area contributed by atoms with Crippen LogP contribution in [0.1, 0.15) is 6.92 Å². The zero-order valence-corrected chi connectivity index (χ0v) is 14.9. The molecule has 0 aromatic heterocycles. The van der Waals surface area contributed by atoms with Crippen LogP contribution in [0, 0.1) is 90.7 Å². The van der Waals surface area contributed by atoms with E-state index in [9.17, 15) is 0 Å². The maximum Gasteiger partial charge on any atom is 2.00 e. The Morgan fingerprint density at radius 2 is 1.00 bits per heavy atom. The van der Waals surface area contributed by atoms with Crippen LogP contribution in [0.2, 0.25) is 0 Å². The molecule has 0 atom stereocenters. The second kappa shape index (κ2) is 32.2. The fourth-order valence-electron chi connectivity index (χ4n) is 0. The van der Waals surface area contributed by atoms with Gasteiger partial charge in [-0.3, -0.25) is 0 Å². The first-order chi connectivity index (χ1) is 2.73. The van der Waals surface area contributed by atoms with Crippen molar-refractivity contribution in [1.29, 1.82) is 0 Å². The maximum absolute atomic E-state index is 3.36. The van der Waals surface area contributed by atoms with Crippen molar-refractivity contribution < 1.29 is 62.2 Å². The monoisotopic (exact) mass is 577 g/mol. The average molecular weight is 577 g/mol. The molecule has 9 heavy (non-hydrogen) atoms. The standard InChI is InChI=1S/C3H7N.C2H5.CH3.2U/c1-4(2)3;1-2;;;/h1-2H2,3H3;1H2,2H3;1H3;;/q-2;2*-1;2*+2. The topological polar surface area (TPSA) is 3.24 Å². The summed E-state index contributed by atoms with van der Waals surface area (Å²) in [6, 6.07) is 0. The van der Waals surface area contributed by atoms with E-state index >= 15 is 0 Å². The molecule has 0 aliphatic carbocycles. The molecule has 0 rings (SSSR count). The van der Waals surface area contributed by atoms with Crippen LogP contribution < -0.4 is 0 Å². The normalized spacial score (nSPS) is 4.67. The molecule has 52 valence electrons. The van der Waals surface area contributed by atoms with Gasteiger partial charge in [0.25, 0.3) is 0 Å². The zero-order chi connectivity index (χ0) is 5.58. The Bertz CT molecular complexity index is 15.8. The molecule has 0 unspecified atom stereocenters. The summed E-state index contributed by atoms with van der Waals surface area (Å²) < 4.78 is 0. The molecule has 0 spiro atoms. The van der Waals surface area contributed by atoms with Gasteiger partial charge < -0.3 is 33.3 Å². The van der Waals surface area contributed by atoms with Crippen LogP contribution in [0.3, 0.4) is 0 Å². The predicted octanol–water partition coefficient (Wildman–Crippen LogP) is 1.79. The van der Waals surface area contributed by atoms with E-state index in [2.05, 4.69) is 21.0 Å². The summed E-state index contributed by atoms with van der Waals surface area (Å²) in [4.78, 5) is 1.50. The fraction of sp³-hybridized carbons (Fsp3) is 0.333. The van der Waals surface area contributed by atoms with Crippen LogP contribution in [0.25, 0.3) is 0 Å². The Morgan fingerprint density at radius 3 is 1.00 bits per heavy atom. The molecular formula is C6H15NU2. The third-order valence-corrected chi connectivity index (χ3v) is 0. The second-order valence-corrected chi connectivity index (χ2v) is 0.856. The molecule has 0 saturated carbocycles. The Hall–Kier alpha value is 2.06. The van der Waals surface area contributed by atoms with E-state index in [0.717, 1.165) is 0 Å². The van der Waals surface area contributed by atoms with Crippen LogP contribution in [0.15, 0.2) is 0 Å². The van der Waals surface area contributed by atoms with Gasteiger partial charge in [0, 0.05) is 0 Å². The van der Waals surface area contributed by atoms with E-state index in [1.54, 1.807) is 14.0 Å². The van der Waals surface area contributed by atoms with Gasteiger partial charge in [-0.1, -0.05) is 7.05 Å². The Kier molecular flexibility index (Phi) is 109. The molecule has 0 aromatic carbocycles. The number of rotatable bonds is 0. The van der Waals surface area contributed by atoms with Gasteiger partial charge in [-0.2, -0.15) is 6.92 Å². The number of hydrogen-bond acceptors (Lipinski definition) is 1. The first kappa shape index (κ1) is 30.5. The SMILES string of the molecule is [CH2-]C.[CH2-]N([CH2-])C.[CH3-].[U+2].[U+2]. The third-order valence-electron chi connectivity index (χ3n) is 0. The minimum absolute atomic E-state index is 0. The molecule has 0 N–H and O–H groups in total. The average Bonchev–Trinajstić information content (AvgIpc) is 1.41. The van der Waals surface area contributed by atoms with Crippen LogP contribution in [0.4, 0.5) is 0 Å². The van der Waals surface area contributed by atoms with Crippen LogP contribution in [-0.4, -0.2) is 11.9 Å². The van der Waals surface area contributed by atoms with Crippen molar-refractivity contribution in [3.8, 4) is 0 Å². The molecule has 0 aliphatic heterocycles. The first-order valence-corrected chi connectivity index (χ1v) is 1.79. The largest absolute Gasteiger partial charge is 2.00 e. The molecule has 0 aliphatic rings. The molecule has 3 heteroatoms. The van der Waals surface area contributed by atoms with Crippen molar-refractivity contribution in [2.45, 2.75) is 6.92 Å². The van der Waals surface area contributed by atoms with Crippen molar-refractivity contribution >= 4 is 0 Å². The summed E-state index contributed by atoms with van der Waals surface area (Å²) in [6.07, 6.45) is 0. The van der Waals surface area contributed by atoms with Crippen molar-refractivity contribution in [3.63, 3.8) is 0 Å². The minimum Gasteiger partial charge on any atom is -0.613 e. The fourth-order valence-corrected chi connectivity index (χ4v) is 0. The summed E-state index contributed by atoms with van der Waals surface area (Å²) >= 11 is 0. The van der Waals surface area contributed by atoms with Crippen LogP contribution in [0.5, 0.6) is 0 Å². The molecule has 0 bridgehead atoms. The van der Waals surface area contributed by atoms with Crippen molar-refractivity contribution in [2.24, 2.45) is 0 Å². The molecule has 1 nitrogen and oxygen atoms in total. The smallest absolute Gasteiger partial charge is 0.613 e. The minimum atomic E-state index is 0. The van der Waals surface area contributed by atoms with E-state index in [1.807, 2.05) is 0 Å². The maximum atomic E-state index is 3.36. The van der Waals surface area contributed by atoms with E-state index in [4.69, 9.17) is 0 Å². The summed E-state index contributed by atoms with van der Waals surface area (Å²) in [5, 5.41) is 0. The first-order valence-electron chi connectivity index (χ1n) is 1.79. The van der Waals surface area contributed by atoms with Gasteiger partial charge in [-0.05, 0) is 0 Å². The van der Waals surface area contributed by atoms with Crippen molar-refractivity contribution in [1.82, 2.24) is 4.90 Å². The third kappa shape index (κ3) is 154. The summed E-state index contributed by atoms with van der Waals surface area (Å²) in [6.45, 7) is 5.00.